The number of benzene rings is 3. The third-order valence-corrected chi connectivity index (χ3v) is 5.04. The van der Waals surface area contributed by atoms with Crippen molar-refractivity contribution in [2.24, 2.45) is 4.99 Å². The van der Waals surface area contributed by atoms with Gasteiger partial charge in [-0.15, -0.1) is 0 Å². The molecule has 1 aliphatic heterocycles. The van der Waals surface area contributed by atoms with Crippen LogP contribution in [0.2, 0.25) is 0 Å². The number of nitro benzene ring substituents is 1. The lowest BCUT2D eigenvalue weighted by Crippen LogP contribution is -2.09. The van der Waals surface area contributed by atoms with E-state index in [1.165, 1.54) is 24.3 Å². The van der Waals surface area contributed by atoms with E-state index >= 15 is 0 Å². The fourth-order valence-corrected chi connectivity index (χ4v) is 3.38. The highest BCUT2D eigenvalue weighted by Gasteiger charge is 2.25. The van der Waals surface area contributed by atoms with Gasteiger partial charge >= 0.3 is 11.9 Å². The van der Waals surface area contributed by atoms with Gasteiger partial charge in [0, 0.05) is 17.2 Å². The first-order valence-electron chi connectivity index (χ1n) is 10.7. The van der Waals surface area contributed by atoms with Crippen LogP contribution in [0.4, 0.5) is 5.69 Å². The minimum absolute atomic E-state index is 0.0362. The third-order valence-electron chi connectivity index (χ3n) is 5.04. The van der Waals surface area contributed by atoms with Crippen molar-refractivity contribution >= 4 is 29.6 Å². The summed E-state index contributed by atoms with van der Waals surface area (Å²) in [6, 6.07) is 17.8. The number of hydrogen-bond acceptors (Lipinski definition) is 8. The maximum absolute atomic E-state index is 12.4. The van der Waals surface area contributed by atoms with Gasteiger partial charge in [0.1, 0.15) is 0 Å². The molecular formula is C26H20N2O7. The summed E-state index contributed by atoms with van der Waals surface area (Å²) in [5.41, 5.74) is 1.86. The molecule has 0 radical (unpaired) electrons. The van der Waals surface area contributed by atoms with Crippen LogP contribution in [0.3, 0.4) is 0 Å². The van der Waals surface area contributed by atoms with Crippen LogP contribution in [0.1, 0.15) is 34.0 Å². The highest BCUT2D eigenvalue weighted by Crippen LogP contribution is 2.31. The number of cyclic esters (lactones) is 1. The number of ether oxygens (including phenoxy) is 3. The number of carbonyl (C=O) groups excluding carboxylic acids is 2. The molecule has 0 aromatic heterocycles. The van der Waals surface area contributed by atoms with Gasteiger partial charge in [0.2, 0.25) is 5.90 Å². The molecule has 0 unspecified atom stereocenters. The molecule has 0 spiro atoms. The Bertz CT molecular complexity index is 1380. The monoisotopic (exact) mass is 472 g/mol. The Morgan fingerprint density at radius 2 is 1.86 bits per heavy atom. The van der Waals surface area contributed by atoms with Gasteiger partial charge in [-0.05, 0) is 61.9 Å². The molecule has 1 aliphatic rings. The molecule has 3 aromatic rings. The molecule has 0 amide bonds. The first-order valence-corrected chi connectivity index (χ1v) is 10.7. The van der Waals surface area contributed by atoms with Crippen molar-refractivity contribution in [1.29, 1.82) is 0 Å². The molecule has 0 saturated carbocycles. The lowest BCUT2D eigenvalue weighted by Gasteiger charge is -2.11. The molecule has 0 saturated heterocycles. The minimum Gasteiger partial charge on any atom is -0.490 e. The molecular weight excluding hydrogens is 452 g/mol. The van der Waals surface area contributed by atoms with Crippen molar-refractivity contribution in [1.82, 2.24) is 0 Å². The Hall–Kier alpha value is -4.79. The summed E-state index contributed by atoms with van der Waals surface area (Å²) < 4.78 is 16.4. The molecule has 35 heavy (non-hydrogen) atoms. The second-order valence-corrected chi connectivity index (χ2v) is 7.49. The predicted octanol–water partition coefficient (Wildman–Crippen LogP) is 4.87. The molecule has 0 atom stereocenters. The quantitative estimate of drug-likeness (QED) is 0.158. The Labute approximate surface area is 200 Å². The van der Waals surface area contributed by atoms with E-state index in [1.807, 2.05) is 0 Å². The van der Waals surface area contributed by atoms with E-state index in [0.29, 0.717) is 34.6 Å². The van der Waals surface area contributed by atoms with Crippen LogP contribution in [0.15, 0.2) is 77.4 Å². The summed E-state index contributed by atoms with van der Waals surface area (Å²) in [4.78, 5) is 39.6. The van der Waals surface area contributed by atoms with Crippen molar-refractivity contribution in [3.05, 3.63) is 105 Å². The molecule has 0 fully saturated rings. The minimum atomic E-state index is -0.659. The average Bonchev–Trinajstić information content (AvgIpc) is 3.21. The Morgan fingerprint density at radius 3 is 2.54 bits per heavy atom. The maximum atomic E-state index is 12.4. The smallest absolute Gasteiger partial charge is 0.363 e. The third kappa shape index (κ3) is 5.25. The van der Waals surface area contributed by atoms with Crippen molar-refractivity contribution in [2.45, 2.75) is 13.8 Å². The molecule has 0 aliphatic carbocycles. The first kappa shape index (κ1) is 23.4. The molecule has 176 valence electrons. The summed E-state index contributed by atoms with van der Waals surface area (Å²) in [7, 11) is 0. The van der Waals surface area contributed by atoms with Gasteiger partial charge in [-0.1, -0.05) is 24.3 Å². The topological polar surface area (TPSA) is 117 Å². The largest absolute Gasteiger partial charge is 0.490 e. The normalized spacial score (nSPS) is 13.8. The fourth-order valence-electron chi connectivity index (χ4n) is 3.38. The van der Waals surface area contributed by atoms with Crippen LogP contribution in [0, 0.1) is 17.0 Å². The molecule has 4 rings (SSSR count). The highest BCUT2D eigenvalue weighted by molar-refractivity contribution is 6.13. The molecule has 9 heteroatoms. The van der Waals surface area contributed by atoms with Crippen LogP contribution in [-0.2, 0) is 9.53 Å². The van der Waals surface area contributed by atoms with Gasteiger partial charge < -0.3 is 14.2 Å². The molecule has 3 aromatic carbocycles. The number of hydrogen-bond donors (Lipinski definition) is 0. The van der Waals surface area contributed by atoms with Gasteiger partial charge in [0.05, 0.1) is 17.1 Å². The zero-order valence-electron chi connectivity index (χ0n) is 18.9. The number of nitrogens with zero attached hydrogens (tertiary/aromatic N) is 2. The van der Waals surface area contributed by atoms with Gasteiger partial charge in [-0.25, -0.2) is 14.6 Å². The summed E-state index contributed by atoms with van der Waals surface area (Å²) >= 11 is 0. The molecule has 9 nitrogen and oxygen atoms in total. The van der Waals surface area contributed by atoms with Crippen molar-refractivity contribution in [3.8, 4) is 11.5 Å². The fraction of sp³-hybridized carbons (Fsp3) is 0.115. The van der Waals surface area contributed by atoms with Gasteiger partial charge in [-0.3, -0.25) is 10.1 Å². The van der Waals surface area contributed by atoms with E-state index in [2.05, 4.69) is 4.99 Å². The van der Waals surface area contributed by atoms with Crippen LogP contribution >= 0.6 is 0 Å². The molecule has 1 heterocycles. The Morgan fingerprint density at radius 1 is 1.09 bits per heavy atom. The standard InChI is InChI=1S/C26H20N2O7/c1-3-33-23-15-17(9-12-22(23)34-25(29)18-7-5-4-6-8-18)14-20-26(30)35-24(27-20)19-10-11-21(28(31)32)16(2)13-19/h4-15H,3H2,1-2H3/b20-14-. The van der Waals surface area contributed by atoms with Crippen LogP contribution < -0.4 is 9.47 Å². The number of nitro groups is 1. The Balaban J connectivity index is 1.60. The summed E-state index contributed by atoms with van der Waals surface area (Å²) in [6.07, 6.45) is 1.51. The summed E-state index contributed by atoms with van der Waals surface area (Å²) in [5.74, 6) is -0.564. The Kier molecular flexibility index (Phi) is 6.68. The van der Waals surface area contributed by atoms with Crippen molar-refractivity contribution < 1.29 is 28.7 Å². The number of aryl methyl sites for hydroxylation is 1. The van der Waals surface area contributed by atoms with E-state index in [4.69, 9.17) is 14.2 Å². The van der Waals surface area contributed by atoms with Crippen molar-refractivity contribution in [3.63, 3.8) is 0 Å². The zero-order valence-corrected chi connectivity index (χ0v) is 18.9. The van der Waals surface area contributed by atoms with Gasteiger partial charge in [0.15, 0.2) is 17.2 Å². The first-order chi connectivity index (χ1) is 16.9. The molecule has 0 N–H and O–H groups in total. The lowest BCUT2D eigenvalue weighted by molar-refractivity contribution is -0.385. The summed E-state index contributed by atoms with van der Waals surface area (Å²) in [6.45, 7) is 3.72. The van der Waals surface area contributed by atoms with E-state index < -0.39 is 16.9 Å². The average molecular weight is 472 g/mol. The zero-order chi connectivity index (χ0) is 24.9. The maximum Gasteiger partial charge on any atom is 0.363 e. The van der Waals surface area contributed by atoms with Crippen molar-refractivity contribution in [2.75, 3.05) is 6.61 Å². The number of carbonyl (C=O) groups is 2. The number of aliphatic imine (C=N–C) groups is 1. The second-order valence-electron chi connectivity index (χ2n) is 7.49. The SMILES string of the molecule is CCOc1cc(/C=C2\N=C(c3ccc([N+](=O)[O-])c(C)c3)OC2=O)ccc1OC(=O)c1ccccc1. The van der Waals surface area contributed by atoms with Crippen LogP contribution in [-0.4, -0.2) is 29.4 Å². The molecule has 0 bridgehead atoms. The second kappa shape index (κ2) is 10.0. The van der Waals surface area contributed by atoms with E-state index in [1.54, 1.807) is 62.4 Å². The van der Waals surface area contributed by atoms with E-state index in [-0.39, 0.29) is 23.0 Å². The van der Waals surface area contributed by atoms with Crippen LogP contribution in [0.25, 0.3) is 6.08 Å². The van der Waals surface area contributed by atoms with E-state index in [9.17, 15) is 19.7 Å². The van der Waals surface area contributed by atoms with Gasteiger partial charge in [-0.2, -0.15) is 0 Å². The van der Waals surface area contributed by atoms with Gasteiger partial charge in [0.25, 0.3) is 5.69 Å². The highest BCUT2D eigenvalue weighted by atomic mass is 16.6. The summed E-state index contributed by atoms with van der Waals surface area (Å²) in [5, 5.41) is 11.0. The van der Waals surface area contributed by atoms with E-state index in [0.717, 1.165) is 0 Å². The number of esters is 2. The lowest BCUT2D eigenvalue weighted by atomic mass is 10.1. The number of rotatable bonds is 7. The van der Waals surface area contributed by atoms with Crippen LogP contribution in [0.5, 0.6) is 11.5 Å². The predicted molar refractivity (Wildman–Crippen MR) is 127 cm³/mol.